The number of amides is 1. The number of ether oxygens (including phenoxy) is 2. The Morgan fingerprint density at radius 1 is 1.16 bits per heavy atom. The van der Waals surface area contributed by atoms with Gasteiger partial charge in [0, 0.05) is 11.8 Å². The molecule has 2 heterocycles. The molecule has 0 saturated carbocycles. The lowest BCUT2D eigenvalue weighted by Gasteiger charge is -2.19. The first-order valence-electron chi connectivity index (χ1n) is 9.30. The summed E-state index contributed by atoms with van der Waals surface area (Å²) in [6, 6.07) is 13.0. The number of hydrogen-bond acceptors (Lipinski definition) is 8. The molecule has 2 aromatic carbocycles. The number of benzene rings is 2. The lowest BCUT2D eigenvalue weighted by Crippen LogP contribution is -2.21. The molecule has 4 rings (SSSR count). The molecule has 0 atom stereocenters. The third kappa shape index (κ3) is 4.19. The molecular formula is C20H20N4O5S2. The van der Waals surface area contributed by atoms with Crippen LogP contribution in [0.1, 0.15) is 0 Å². The van der Waals surface area contributed by atoms with Gasteiger partial charge in [0.25, 0.3) is 0 Å². The molecule has 0 saturated heterocycles. The molecule has 1 aromatic heterocycles. The summed E-state index contributed by atoms with van der Waals surface area (Å²) in [5.41, 5.74) is 6.64. The van der Waals surface area contributed by atoms with Crippen LogP contribution in [-0.4, -0.2) is 43.6 Å². The van der Waals surface area contributed by atoms with Gasteiger partial charge in [-0.05, 0) is 30.5 Å². The van der Waals surface area contributed by atoms with Crippen molar-refractivity contribution in [3.8, 4) is 11.5 Å². The molecule has 9 nitrogen and oxygen atoms in total. The van der Waals surface area contributed by atoms with Crippen molar-refractivity contribution in [3.63, 3.8) is 0 Å². The van der Waals surface area contributed by atoms with Crippen molar-refractivity contribution < 1.29 is 22.7 Å². The molecular weight excluding hydrogens is 440 g/mol. The van der Waals surface area contributed by atoms with Crippen LogP contribution in [0, 0.1) is 0 Å². The van der Waals surface area contributed by atoms with Gasteiger partial charge in [-0.1, -0.05) is 18.2 Å². The highest BCUT2D eigenvalue weighted by molar-refractivity contribution is 7.99. The molecule has 11 heteroatoms. The van der Waals surface area contributed by atoms with Gasteiger partial charge in [0.05, 0.1) is 4.90 Å². The maximum absolute atomic E-state index is 13.1. The van der Waals surface area contributed by atoms with E-state index in [9.17, 15) is 13.2 Å². The number of hydrogen-bond donors (Lipinski definition) is 2. The molecule has 31 heavy (non-hydrogen) atoms. The van der Waals surface area contributed by atoms with Gasteiger partial charge < -0.3 is 20.5 Å². The third-order valence-corrected chi connectivity index (χ3v) is 7.19. The molecule has 0 radical (unpaired) electrons. The van der Waals surface area contributed by atoms with Crippen molar-refractivity contribution in [2.24, 2.45) is 0 Å². The quantitative estimate of drug-likeness (QED) is 0.537. The van der Waals surface area contributed by atoms with Gasteiger partial charge in [0.2, 0.25) is 15.7 Å². The largest absolute Gasteiger partial charge is 0.486 e. The van der Waals surface area contributed by atoms with Crippen molar-refractivity contribution in [2.45, 2.75) is 21.4 Å². The predicted octanol–water partition coefficient (Wildman–Crippen LogP) is 2.43. The lowest BCUT2D eigenvalue weighted by atomic mass is 10.2. The van der Waals surface area contributed by atoms with Crippen LogP contribution in [0.15, 0.2) is 63.3 Å². The summed E-state index contributed by atoms with van der Waals surface area (Å²) in [5, 5.41) is 7.21. The van der Waals surface area contributed by atoms with Crippen LogP contribution < -0.4 is 20.5 Å². The summed E-state index contributed by atoms with van der Waals surface area (Å²) < 4.78 is 38.3. The summed E-state index contributed by atoms with van der Waals surface area (Å²) in [6.07, 6.45) is 1.70. The van der Waals surface area contributed by atoms with E-state index < -0.39 is 15.7 Å². The van der Waals surface area contributed by atoms with Crippen molar-refractivity contribution >= 4 is 39.0 Å². The van der Waals surface area contributed by atoms with Crippen LogP contribution in [0.5, 0.6) is 11.5 Å². The fraction of sp³-hybridized carbons (Fsp3) is 0.200. The second-order valence-corrected chi connectivity index (χ2v) is 9.29. The van der Waals surface area contributed by atoms with Gasteiger partial charge >= 0.3 is 0 Å². The highest BCUT2D eigenvalue weighted by Crippen LogP contribution is 2.34. The van der Waals surface area contributed by atoms with E-state index in [4.69, 9.17) is 15.2 Å². The van der Waals surface area contributed by atoms with Crippen molar-refractivity contribution in [2.75, 3.05) is 30.5 Å². The Bertz CT molecular complexity index is 1230. The van der Waals surface area contributed by atoms with E-state index in [1.165, 1.54) is 16.8 Å². The Balaban J connectivity index is 1.57. The smallest absolute Gasteiger partial charge is 0.246 e. The number of nitrogens with one attached hydrogen (secondary N) is 1. The van der Waals surface area contributed by atoms with Crippen molar-refractivity contribution in [1.82, 2.24) is 9.78 Å². The van der Waals surface area contributed by atoms with Crippen molar-refractivity contribution in [1.29, 1.82) is 0 Å². The average Bonchev–Trinajstić information content (AvgIpc) is 3.10. The van der Waals surface area contributed by atoms with E-state index in [0.29, 0.717) is 30.4 Å². The van der Waals surface area contributed by atoms with Crippen LogP contribution in [-0.2, 0) is 21.2 Å². The predicted molar refractivity (Wildman–Crippen MR) is 116 cm³/mol. The number of anilines is 2. The Hall–Kier alpha value is -3.18. The molecule has 0 spiro atoms. The highest BCUT2D eigenvalue weighted by Gasteiger charge is 2.29. The van der Waals surface area contributed by atoms with Crippen LogP contribution in [0.4, 0.5) is 11.5 Å². The summed E-state index contributed by atoms with van der Waals surface area (Å²) in [5.74, 6) is 0.650. The van der Waals surface area contributed by atoms with E-state index in [1.54, 1.807) is 42.7 Å². The van der Waals surface area contributed by atoms with E-state index in [2.05, 4.69) is 10.4 Å². The minimum absolute atomic E-state index is 0.0921. The normalized spacial score (nSPS) is 13.1. The van der Waals surface area contributed by atoms with Crippen LogP contribution in [0.3, 0.4) is 0 Å². The minimum atomic E-state index is -3.89. The Labute approximate surface area is 183 Å². The molecule has 1 aliphatic rings. The molecule has 0 fully saturated rings. The monoisotopic (exact) mass is 460 g/mol. The second kappa shape index (κ2) is 8.52. The van der Waals surface area contributed by atoms with Gasteiger partial charge in [-0.2, -0.15) is 5.10 Å². The molecule has 3 N–H and O–H groups in total. The van der Waals surface area contributed by atoms with Crippen LogP contribution in [0.2, 0.25) is 0 Å². The van der Waals surface area contributed by atoms with E-state index >= 15 is 0 Å². The number of sulfone groups is 1. The number of rotatable bonds is 6. The first-order chi connectivity index (χ1) is 14.9. The molecule has 0 unspecified atom stereocenters. The standard InChI is InChI=1S/C20H20N4O5S2/c1-30-20-18(31(26,27)14-5-3-2-4-6-14)19(21)24(23-20)12-17(25)22-13-7-8-15-16(11-13)29-10-9-28-15/h2-8,11H,9-10,12,21H2,1H3,(H,22,25). The number of fused-ring (bicyclic) bond motifs is 1. The average molecular weight is 461 g/mol. The zero-order valence-electron chi connectivity index (χ0n) is 16.6. The zero-order chi connectivity index (χ0) is 22.0. The summed E-state index contributed by atoms with van der Waals surface area (Å²) in [6.45, 7) is 0.659. The maximum Gasteiger partial charge on any atom is 0.246 e. The molecule has 3 aromatic rings. The highest BCUT2D eigenvalue weighted by atomic mass is 32.2. The molecule has 1 amide bonds. The third-order valence-electron chi connectivity index (χ3n) is 4.55. The fourth-order valence-corrected chi connectivity index (χ4v) is 5.57. The first kappa shape index (κ1) is 21.1. The number of nitrogen functional groups attached to an aromatic ring is 1. The molecule has 0 bridgehead atoms. The van der Waals surface area contributed by atoms with Gasteiger partial charge in [-0.25, -0.2) is 13.1 Å². The SMILES string of the molecule is CSc1nn(CC(=O)Nc2ccc3c(c2)OCCO3)c(N)c1S(=O)(=O)c1ccccc1. The van der Waals surface area contributed by atoms with Gasteiger partial charge in [-0.3, -0.25) is 4.79 Å². The van der Waals surface area contributed by atoms with Crippen LogP contribution in [0.25, 0.3) is 0 Å². The molecule has 162 valence electrons. The number of nitrogens with two attached hydrogens (primary N) is 1. The molecule has 1 aliphatic heterocycles. The van der Waals surface area contributed by atoms with E-state index in [0.717, 1.165) is 11.8 Å². The van der Waals surface area contributed by atoms with Gasteiger partial charge in [-0.15, -0.1) is 11.8 Å². The van der Waals surface area contributed by atoms with Gasteiger partial charge in [0.15, 0.2) is 11.5 Å². The lowest BCUT2D eigenvalue weighted by molar-refractivity contribution is -0.116. The fourth-order valence-electron chi connectivity index (χ4n) is 3.12. The zero-order valence-corrected chi connectivity index (χ0v) is 18.2. The Morgan fingerprint density at radius 3 is 2.58 bits per heavy atom. The minimum Gasteiger partial charge on any atom is -0.486 e. The second-order valence-electron chi connectivity index (χ2n) is 6.60. The summed E-state index contributed by atoms with van der Waals surface area (Å²) >= 11 is 1.15. The molecule has 0 aliphatic carbocycles. The summed E-state index contributed by atoms with van der Waals surface area (Å²) in [4.78, 5) is 12.6. The van der Waals surface area contributed by atoms with Crippen LogP contribution >= 0.6 is 11.8 Å². The summed E-state index contributed by atoms with van der Waals surface area (Å²) in [7, 11) is -3.89. The Kier molecular flexibility index (Phi) is 5.79. The Morgan fingerprint density at radius 2 is 1.87 bits per heavy atom. The number of thioether (sulfide) groups is 1. The van der Waals surface area contributed by atoms with E-state index in [-0.39, 0.29) is 27.2 Å². The van der Waals surface area contributed by atoms with E-state index in [1.807, 2.05) is 0 Å². The maximum atomic E-state index is 13.1. The number of nitrogens with zero attached hydrogens (tertiary/aromatic N) is 2. The van der Waals surface area contributed by atoms with Crippen molar-refractivity contribution in [3.05, 3.63) is 48.5 Å². The number of carbonyl (C=O) groups excluding carboxylic acids is 1. The number of carbonyl (C=O) groups is 1. The number of aromatic nitrogens is 2. The topological polar surface area (TPSA) is 126 Å². The first-order valence-corrected chi connectivity index (χ1v) is 12.0. The van der Waals surface area contributed by atoms with Gasteiger partial charge in [0.1, 0.15) is 35.5 Å².